The average Bonchev–Trinajstić information content (AvgIpc) is 2.84. The highest BCUT2D eigenvalue weighted by Crippen LogP contribution is 2.24. The van der Waals surface area contributed by atoms with E-state index in [4.69, 9.17) is 0 Å². The van der Waals surface area contributed by atoms with Crippen molar-refractivity contribution in [2.24, 2.45) is 0 Å². The Kier molecular flexibility index (Phi) is 6.65. The normalized spacial score (nSPS) is 20.9. The maximum atomic E-state index is 13.4. The number of thioether (sulfide) groups is 1. The van der Waals surface area contributed by atoms with Crippen LogP contribution >= 0.6 is 11.8 Å². The standard InChI is InChI=1S/C16H23FN2O3S2/c1-19(2)15(12-4-3-5-13(17)8-12)9-18-16(20)10-23-14-6-7-24(21,22)11-14/h3-5,8,14-15H,6-7,9-11H2,1-2H3,(H,18,20). The van der Waals surface area contributed by atoms with Gasteiger partial charge < -0.3 is 10.2 Å². The van der Waals surface area contributed by atoms with Crippen LogP contribution in [0.15, 0.2) is 24.3 Å². The molecule has 1 heterocycles. The predicted molar refractivity (Wildman–Crippen MR) is 95.4 cm³/mol. The van der Waals surface area contributed by atoms with Gasteiger partial charge in [-0.2, -0.15) is 0 Å². The van der Waals surface area contributed by atoms with Gasteiger partial charge in [-0.15, -0.1) is 11.8 Å². The molecule has 1 fully saturated rings. The van der Waals surface area contributed by atoms with Crippen molar-refractivity contribution in [3.05, 3.63) is 35.6 Å². The summed E-state index contributed by atoms with van der Waals surface area (Å²) in [5, 5.41) is 2.86. The third kappa shape index (κ3) is 5.75. The highest BCUT2D eigenvalue weighted by Gasteiger charge is 2.28. The molecule has 1 amide bonds. The number of benzene rings is 1. The minimum absolute atomic E-state index is 0.00798. The van der Waals surface area contributed by atoms with Gasteiger partial charge in [0.05, 0.1) is 23.3 Å². The fraction of sp³-hybridized carbons (Fsp3) is 0.562. The Labute approximate surface area is 146 Å². The van der Waals surface area contributed by atoms with Crippen molar-refractivity contribution >= 4 is 27.5 Å². The van der Waals surface area contributed by atoms with Crippen LogP contribution < -0.4 is 5.32 Å². The second-order valence-corrected chi connectivity index (χ2v) is 9.69. The molecule has 0 saturated carbocycles. The third-order valence-electron chi connectivity index (χ3n) is 3.99. The number of sulfone groups is 1. The third-order valence-corrected chi connectivity index (χ3v) is 7.27. The summed E-state index contributed by atoms with van der Waals surface area (Å²) in [5.41, 5.74) is 0.801. The van der Waals surface area contributed by atoms with Gasteiger partial charge in [0, 0.05) is 11.8 Å². The Morgan fingerprint density at radius 1 is 1.46 bits per heavy atom. The topological polar surface area (TPSA) is 66.5 Å². The molecule has 0 spiro atoms. The van der Waals surface area contributed by atoms with Gasteiger partial charge in [0.1, 0.15) is 5.82 Å². The van der Waals surface area contributed by atoms with Gasteiger partial charge >= 0.3 is 0 Å². The van der Waals surface area contributed by atoms with Crippen LogP contribution in [0, 0.1) is 5.82 Å². The maximum Gasteiger partial charge on any atom is 0.230 e. The number of hydrogen-bond acceptors (Lipinski definition) is 5. The molecule has 2 rings (SSSR count). The number of halogens is 1. The van der Waals surface area contributed by atoms with Gasteiger partial charge in [0.15, 0.2) is 9.84 Å². The summed E-state index contributed by atoms with van der Waals surface area (Å²) >= 11 is 1.39. The fourth-order valence-corrected chi connectivity index (χ4v) is 6.13. The van der Waals surface area contributed by atoms with E-state index >= 15 is 0 Å². The monoisotopic (exact) mass is 374 g/mol. The zero-order chi connectivity index (χ0) is 17.7. The van der Waals surface area contributed by atoms with E-state index in [1.165, 1.54) is 23.9 Å². The summed E-state index contributed by atoms with van der Waals surface area (Å²) in [4.78, 5) is 13.9. The largest absolute Gasteiger partial charge is 0.353 e. The molecular weight excluding hydrogens is 351 g/mol. The van der Waals surface area contributed by atoms with E-state index < -0.39 is 9.84 Å². The lowest BCUT2D eigenvalue weighted by Gasteiger charge is -2.25. The lowest BCUT2D eigenvalue weighted by molar-refractivity contribution is -0.118. The van der Waals surface area contributed by atoms with Crippen molar-refractivity contribution in [2.75, 3.05) is 37.9 Å². The van der Waals surface area contributed by atoms with Crippen LogP contribution in [0.25, 0.3) is 0 Å². The number of hydrogen-bond donors (Lipinski definition) is 1. The van der Waals surface area contributed by atoms with Gasteiger partial charge in [-0.3, -0.25) is 4.79 Å². The summed E-state index contributed by atoms with van der Waals surface area (Å²) in [6, 6.07) is 6.22. The molecule has 0 bridgehead atoms. The van der Waals surface area contributed by atoms with E-state index in [2.05, 4.69) is 5.32 Å². The summed E-state index contributed by atoms with van der Waals surface area (Å²) in [6.45, 7) is 0.374. The first-order valence-corrected chi connectivity index (χ1v) is 10.6. The van der Waals surface area contributed by atoms with E-state index in [1.807, 2.05) is 25.1 Å². The van der Waals surface area contributed by atoms with Crippen LogP contribution in [0.3, 0.4) is 0 Å². The Hall–Kier alpha value is -1.12. The first-order valence-electron chi connectivity index (χ1n) is 7.77. The van der Waals surface area contributed by atoms with Crippen molar-refractivity contribution in [2.45, 2.75) is 17.7 Å². The van der Waals surface area contributed by atoms with Crippen LogP contribution in [0.4, 0.5) is 4.39 Å². The van der Waals surface area contributed by atoms with Gasteiger partial charge in [0.25, 0.3) is 0 Å². The molecule has 24 heavy (non-hydrogen) atoms. The zero-order valence-electron chi connectivity index (χ0n) is 13.9. The summed E-state index contributed by atoms with van der Waals surface area (Å²) in [5.74, 6) is 0.184. The van der Waals surface area contributed by atoms with Crippen molar-refractivity contribution in [3.8, 4) is 0 Å². The number of nitrogens with one attached hydrogen (secondary N) is 1. The van der Waals surface area contributed by atoms with Crippen molar-refractivity contribution in [1.29, 1.82) is 0 Å². The fourth-order valence-electron chi connectivity index (χ4n) is 2.66. The molecule has 134 valence electrons. The molecule has 1 aromatic rings. The summed E-state index contributed by atoms with van der Waals surface area (Å²) in [7, 11) is 0.835. The highest BCUT2D eigenvalue weighted by molar-refractivity contribution is 8.02. The van der Waals surface area contributed by atoms with Crippen LogP contribution in [0.2, 0.25) is 0 Å². The van der Waals surface area contributed by atoms with E-state index in [0.717, 1.165) is 5.56 Å². The van der Waals surface area contributed by atoms with E-state index in [9.17, 15) is 17.6 Å². The molecule has 1 N–H and O–H groups in total. The lowest BCUT2D eigenvalue weighted by Crippen LogP contribution is -2.35. The van der Waals surface area contributed by atoms with E-state index in [-0.39, 0.29) is 40.3 Å². The SMILES string of the molecule is CN(C)C(CNC(=O)CSC1CCS(=O)(=O)C1)c1cccc(F)c1. The Morgan fingerprint density at radius 3 is 2.79 bits per heavy atom. The van der Waals surface area contributed by atoms with Gasteiger partial charge in [-0.1, -0.05) is 12.1 Å². The first kappa shape index (κ1) is 19.2. The predicted octanol–water partition coefficient (Wildman–Crippen LogP) is 1.46. The van der Waals surface area contributed by atoms with Crippen LogP contribution in [-0.2, 0) is 14.6 Å². The summed E-state index contributed by atoms with van der Waals surface area (Å²) in [6.07, 6.45) is 0.615. The number of carbonyl (C=O) groups excluding carboxylic acids is 1. The smallest absolute Gasteiger partial charge is 0.230 e. The summed E-state index contributed by atoms with van der Waals surface area (Å²) < 4.78 is 36.2. The first-order chi connectivity index (χ1) is 11.3. The molecule has 8 heteroatoms. The molecular formula is C16H23FN2O3S2. The molecule has 2 unspecified atom stereocenters. The molecule has 1 saturated heterocycles. The molecule has 1 aliphatic heterocycles. The maximum absolute atomic E-state index is 13.4. The minimum Gasteiger partial charge on any atom is -0.353 e. The van der Waals surface area contributed by atoms with Crippen LogP contribution in [0.5, 0.6) is 0 Å². The van der Waals surface area contributed by atoms with E-state index in [1.54, 1.807) is 6.07 Å². The Morgan fingerprint density at radius 2 is 2.21 bits per heavy atom. The Bertz CT molecular complexity index is 680. The number of nitrogens with zero attached hydrogens (tertiary/aromatic N) is 1. The van der Waals surface area contributed by atoms with Gasteiger partial charge in [0.2, 0.25) is 5.91 Å². The number of likely N-dealkylation sites (N-methyl/N-ethyl adjacent to an activating group) is 1. The van der Waals surface area contributed by atoms with Gasteiger partial charge in [-0.25, -0.2) is 12.8 Å². The van der Waals surface area contributed by atoms with Crippen molar-refractivity contribution in [3.63, 3.8) is 0 Å². The quantitative estimate of drug-likeness (QED) is 0.783. The average molecular weight is 375 g/mol. The minimum atomic E-state index is -2.92. The molecule has 0 aromatic heterocycles. The molecule has 1 aliphatic rings. The molecule has 0 aliphatic carbocycles. The van der Waals surface area contributed by atoms with E-state index in [0.29, 0.717) is 13.0 Å². The second-order valence-electron chi connectivity index (χ2n) is 6.17. The highest BCUT2D eigenvalue weighted by atomic mass is 32.2. The van der Waals surface area contributed by atoms with Crippen molar-refractivity contribution < 1.29 is 17.6 Å². The number of rotatable bonds is 7. The molecule has 2 atom stereocenters. The zero-order valence-corrected chi connectivity index (χ0v) is 15.5. The Balaban J connectivity index is 1.82. The second kappa shape index (κ2) is 8.31. The van der Waals surface area contributed by atoms with Crippen LogP contribution in [0.1, 0.15) is 18.0 Å². The number of amides is 1. The molecule has 5 nitrogen and oxygen atoms in total. The van der Waals surface area contributed by atoms with Crippen LogP contribution in [-0.4, -0.2) is 62.4 Å². The van der Waals surface area contributed by atoms with Gasteiger partial charge in [-0.05, 0) is 38.2 Å². The van der Waals surface area contributed by atoms with Crippen molar-refractivity contribution in [1.82, 2.24) is 10.2 Å². The lowest BCUT2D eigenvalue weighted by atomic mass is 10.1. The molecule has 1 aromatic carbocycles. The number of carbonyl (C=O) groups is 1. The molecule has 0 radical (unpaired) electrons.